The van der Waals surface area contributed by atoms with Gasteiger partial charge in [-0.25, -0.2) is 13.4 Å². The molecule has 4 aromatic rings. The number of nitrogens with one attached hydrogen (secondary N) is 1. The van der Waals surface area contributed by atoms with Gasteiger partial charge in [-0.1, -0.05) is 47.5 Å². The second-order valence-electron chi connectivity index (χ2n) is 9.17. The number of ether oxygens (including phenoxy) is 1. The van der Waals surface area contributed by atoms with Gasteiger partial charge in [0.2, 0.25) is 21.9 Å². The van der Waals surface area contributed by atoms with Crippen molar-refractivity contribution in [2.45, 2.75) is 30.7 Å². The van der Waals surface area contributed by atoms with Gasteiger partial charge in [-0.2, -0.15) is 4.31 Å². The number of aromatic nitrogens is 2. The summed E-state index contributed by atoms with van der Waals surface area (Å²) in [7, 11) is -2.26. The van der Waals surface area contributed by atoms with Crippen LogP contribution in [0.2, 0.25) is 5.02 Å². The normalized spacial score (nSPS) is 13.5. The highest BCUT2D eigenvalue weighted by Crippen LogP contribution is 2.32. The first kappa shape index (κ1) is 26.0. The van der Waals surface area contributed by atoms with Gasteiger partial charge >= 0.3 is 0 Å². The summed E-state index contributed by atoms with van der Waals surface area (Å²) in [6.07, 6.45) is 3.24. The molecule has 3 aromatic carbocycles. The van der Waals surface area contributed by atoms with Gasteiger partial charge in [0.1, 0.15) is 5.75 Å². The molecule has 1 saturated carbocycles. The molecule has 1 aliphatic carbocycles. The molecular formula is C28H27ClN4O4S. The van der Waals surface area contributed by atoms with Crippen LogP contribution in [-0.2, 0) is 14.8 Å². The van der Waals surface area contributed by atoms with E-state index in [0.29, 0.717) is 16.5 Å². The number of anilines is 1. The van der Waals surface area contributed by atoms with E-state index in [4.69, 9.17) is 16.3 Å². The quantitative estimate of drug-likeness (QED) is 0.305. The highest BCUT2D eigenvalue weighted by Gasteiger charge is 2.39. The van der Waals surface area contributed by atoms with Crippen molar-refractivity contribution < 1.29 is 17.9 Å². The van der Waals surface area contributed by atoms with Crippen LogP contribution in [0, 0.1) is 6.92 Å². The minimum Gasteiger partial charge on any atom is -0.497 e. The summed E-state index contributed by atoms with van der Waals surface area (Å²) < 4.78 is 35.2. The van der Waals surface area contributed by atoms with E-state index in [9.17, 15) is 13.2 Å². The van der Waals surface area contributed by atoms with Crippen molar-refractivity contribution in [1.82, 2.24) is 13.9 Å². The predicted molar refractivity (Wildman–Crippen MR) is 147 cm³/mol. The number of halogens is 1. The lowest BCUT2D eigenvalue weighted by atomic mass is 10.2. The molecule has 0 radical (unpaired) electrons. The predicted octanol–water partition coefficient (Wildman–Crippen LogP) is 5.30. The Morgan fingerprint density at radius 2 is 1.82 bits per heavy atom. The molecule has 1 heterocycles. The van der Waals surface area contributed by atoms with Gasteiger partial charge in [-0.05, 0) is 56.2 Å². The average Bonchev–Trinajstić information content (AvgIpc) is 3.67. The van der Waals surface area contributed by atoms with Crippen molar-refractivity contribution in [3.05, 3.63) is 89.6 Å². The molecule has 0 spiro atoms. The van der Waals surface area contributed by atoms with E-state index in [1.807, 2.05) is 43.3 Å². The summed E-state index contributed by atoms with van der Waals surface area (Å²) in [6, 6.07) is 21.0. The van der Waals surface area contributed by atoms with Gasteiger partial charge in [0.15, 0.2) is 0 Å². The summed E-state index contributed by atoms with van der Waals surface area (Å²) >= 11 is 6.05. The molecule has 196 valence electrons. The maximum absolute atomic E-state index is 13.4. The van der Waals surface area contributed by atoms with Crippen LogP contribution in [0.3, 0.4) is 0 Å². The summed E-state index contributed by atoms with van der Waals surface area (Å²) in [6.45, 7) is 1.58. The zero-order valence-electron chi connectivity index (χ0n) is 21.0. The number of carbonyl (C=O) groups excluding carboxylic acids is 1. The summed E-state index contributed by atoms with van der Waals surface area (Å²) in [5.74, 6) is 0.423. The highest BCUT2D eigenvalue weighted by molar-refractivity contribution is 7.89. The van der Waals surface area contributed by atoms with Crippen LogP contribution in [0.1, 0.15) is 18.4 Å². The molecule has 0 saturated heterocycles. The number of amides is 1. The molecule has 8 nitrogen and oxygen atoms in total. The second kappa shape index (κ2) is 10.6. The standard InChI is InChI=1S/C28H27ClN4O4S/c1-19-6-14-25(15-7-19)38(35,36)33(22-12-13-22)18-27(34)31-28-30-26(20-8-10-21(29)11-9-20)17-32(28)23-4-3-5-24(16-23)37-2/h3-11,14-17,22H,12-13,18H2,1-2H3,(H,30,31,34). The molecule has 0 unspecified atom stereocenters. The van der Waals surface area contributed by atoms with E-state index >= 15 is 0 Å². The van der Waals surface area contributed by atoms with Crippen molar-refractivity contribution in [3.8, 4) is 22.7 Å². The maximum Gasteiger partial charge on any atom is 0.243 e. The van der Waals surface area contributed by atoms with Gasteiger partial charge in [0.25, 0.3) is 0 Å². The molecule has 1 fully saturated rings. The lowest BCUT2D eigenvalue weighted by Crippen LogP contribution is -2.39. The molecule has 1 N–H and O–H groups in total. The van der Waals surface area contributed by atoms with Crippen LogP contribution in [0.25, 0.3) is 16.9 Å². The lowest BCUT2D eigenvalue weighted by molar-refractivity contribution is -0.116. The minimum atomic E-state index is -3.84. The van der Waals surface area contributed by atoms with Crippen molar-refractivity contribution in [2.75, 3.05) is 19.0 Å². The van der Waals surface area contributed by atoms with Crippen LogP contribution < -0.4 is 10.1 Å². The van der Waals surface area contributed by atoms with E-state index in [-0.39, 0.29) is 23.4 Å². The van der Waals surface area contributed by atoms with Crippen LogP contribution in [0.5, 0.6) is 5.75 Å². The molecule has 5 rings (SSSR count). The molecule has 0 aliphatic heterocycles. The fourth-order valence-electron chi connectivity index (χ4n) is 4.11. The largest absolute Gasteiger partial charge is 0.497 e. The molecular weight excluding hydrogens is 524 g/mol. The smallest absolute Gasteiger partial charge is 0.243 e. The molecule has 0 bridgehead atoms. The zero-order valence-corrected chi connectivity index (χ0v) is 22.5. The van der Waals surface area contributed by atoms with Gasteiger partial charge < -0.3 is 4.74 Å². The molecule has 0 atom stereocenters. The van der Waals surface area contributed by atoms with Crippen molar-refractivity contribution in [3.63, 3.8) is 0 Å². The van der Waals surface area contributed by atoms with Crippen molar-refractivity contribution >= 4 is 33.5 Å². The fourth-order valence-corrected chi connectivity index (χ4v) is 5.88. The average molecular weight is 551 g/mol. The van der Waals surface area contributed by atoms with Crippen LogP contribution >= 0.6 is 11.6 Å². The van der Waals surface area contributed by atoms with Gasteiger partial charge in [0.05, 0.1) is 29.9 Å². The number of hydrogen-bond acceptors (Lipinski definition) is 5. The third kappa shape index (κ3) is 5.60. The number of rotatable bonds is 9. The molecule has 1 aliphatic rings. The third-order valence-electron chi connectivity index (χ3n) is 6.31. The topological polar surface area (TPSA) is 93.5 Å². The van der Waals surface area contributed by atoms with Crippen LogP contribution in [-0.4, -0.2) is 47.9 Å². The number of hydrogen-bond donors (Lipinski definition) is 1. The van der Waals surface area contributed by atoms with E-state index in [2.05, 4.69) is 10.3 Å². The monoisotopic (exact) mass is 550 g/mol. The van der Waals surface area contributed by atoms with E-state index in [0.717, 1.165) is 29.7 Å². The zero-order chi connectivity index (χ0) is 26.9. The number of carbonyl (C=O) groups is 1. The third-order valence-corrected chi connectivity index (χ3v) is 8.47. The Hall–Kier alpha value is -3.66. The lowest BCUT2D eigenvalue weighted by Gasteiger charge is -2.21. The summed E-state index contributed by atoms with van der Waals surface area (Å²) in [4.78, 5) is 18.1. The molecule has 1 aromatic heterocycles. The first-order chi connectivity index (χ1) is 18.2. The van der Waals surface area contributed by atoms with Gasteiger partial charge in [0, 0.05) is 28.9 Å². The van der Waals surface area contributed by atoms with Crippen LogP contribution in [0.15, 0.2) is 83.9 Å². The second-order valence-corrected chi connectivity index (χ2v) is 11.5. The van der Waals surface area contributed by atoms with Crippen LogP contribution in [0.4, 0.5) is 5.95 Å². The fraction of sp³-hybridized carbons (Fsp3) is 0.214. The molecule has 10 heteroatoms. The number of imidazole rings is 1. The number of benzene rings is 3. The summed E-state index contributed by atoms with van der Waals surface area (Å²) in [5.41, 5.74) is 3.11. The Morgan fingerprint density at radius 1 is 1.11 bits per heavy atom. The maximum atomic E-state index is 13.4. The van der Waals surface area contributed by atoms with Gasteiger partial charge in [-0.15, -0.1) is 0 Å². The molecule has 38 heavy (non-hydrogen) atoms. The number of aryl methyl sites for hydroxylation is 1. The first-order valence-electron chi connectivity index (χ1n) is 12.1. The summed E-state index contributed by atoms with van der Waals surface area (Å²) in [5, 5.41) is 3.44. The van der Waals surface area contributed by atoms with Gasteiger partial charge in [-0.3, -0.25) is 14.7 Å². The van der Waals surface area contributed by atoms with E-state index in [1.54, 1.807) is 54.3 Å². The SMILES string of the molecule is COc1cccc(-n2cc(-c3ccc(Cl)cc3)nc2NC(=O)CN(C2CC2)S(=O)(=O)c2ccc(C)cc2)c1. The Kier molecular flexibility index (Phi) is 7.25. The van der Waals surface area contributed by atoms with E-state index in [1.165, 1.54) is 4.31 Å². The number of nitrogens with zero attached hydrogens (tertiary/aromatic N) is 3. The number of methoxy groups -OCH3 is 1. The number of sulfonamides is 1. The minimum absolute atomic E-state index is 0.172. The molecule has 1 amide bonds. The Bertz CT molecular complexity index is 1560. The first-order valence-corrected chi connectivity index (χ1v) is 13.9. The van der Waals surface area contributed by atoms with Crippen molar-refractivity contribution in [2.24, 2.45) is 0 Å². The Morgan fingerprint density at radius 3 is 2.47 bits per heavy atom. The highest BCUT2D eigenvalue weighted by atomic mass is 35.5. The van der Waals surface area contributed by atoms with Crippen molar-refractivity contribution in [1.29, 1.82) is 0 Å². The Labute approximate surface area is 226 Å². The Balaban J connectivity index is 1.45. The van der Waals surface area contributed by atoms with E-state index < -0.39 is 15.9 Å².